The molecule has 4 heteroatoms. The Labute approximate surface area is 111 Å². The van der Waals surface area contributed by atoms with E-state index in [1.807, 2.05) is 29.8 Å². The van der Waals surface area contributed by atoms with Crippen LogP contribution in [0.5, 0.6) is 5.75 Å². The average Bonchev–Trinajstić information content (AvgIpc) is 2.72. The lowest BCUT2D eigenvalue weighted by molar-refractivity contribution is -0.139. The minimum atomic E-state index is -0.723. The molecule has 4 nitrogen and oxygen atoms in total. The number of methoxy groups -OCH3 is 1. The van der Waals surface area contributed by atoms with E-state index in [2.05, 4.69) is 0 Å². The quantitative estimate of drug-likeness (QED) is 0.902. The SMILES string of the molecule is COc1ccc2c3c(n(C)c2c1)C(C(=O)O)CCC3. The van der Waals surface area contributed by atoms with Crippen molar-refractivity contribution < 1.29 is 14.6 Å². The van der Waals surface area contributed by atoms with E-state index in [1.54, 1.807) is 7.11 Å². The molecule has 2 aromatic rings. The number of aromatic nitrogens is 1. The maximum absolute atomic E-state index is 11.4. The number of hydrogen-bond acceptors (Lipinski definition) is 2. The third-order valence-corrected chi connectivity index (χ3v) is 4.11. The summed E-state index contributed by atoms with van der Waals surface area (Å²) in [6, 6.07) is 5.96. The topological polar surface area (TPSA) is 51.5 Å². The van der Waals surface area contributed by atoms with Crippen LogP contribution >= 0.6 is 0 Å². The van der Waals surface area contributed by atoms with Gasteiger partial charge in [0.15, 0.2) is 0 Å². The molecule has 0 radical (unpaired) electrons. The fraction of sp³-hybridized carbons (Fsp3) is 0.400. The molecule has 1 aromatic heterocycles. The van der Waals surface area contributed by atoms with E-state index in [1.165, 1.54) is 5.56 Å². The molecular weight excluding hydrogens is 242 g/mol. The molecule has 19 heavy (non-hydrogen) atoms. The molecule has 0 bridgehead atoms. The standard InChI is InChI=1S/C15H17NO3/c1-16-13-8-9(19-2)6-7-10(13)11-4-3-5-12(14(11)16)15(17)18/h6-8,12H,3-5H2,1-2H3,(H,17,18). The van der Waals surface area contributed by atoms with Crippen LogP contribution in [0.25, 0.3) is 10.9 Å². The molecule has 0 spiro atoms. The second-order valence-corrected chi connectivity index (χ2v) is 5.09. The Morgan fingerprint density at radius 1 is 1.47 bits per heavy atom. The summed E-state index contributed by atoms with van der Waals surface area (Å²) in [4.78, 5) is 11.4. The van der Waals surface area contributed by atoms with Gasteiger partial charge in [-0.25, -0.2) is 0 Å². The maximum Gasteiger partial charge on any atom is 0.312 e. The molecular formula is C15H17NO3. The van der Waals surface area contributed by atoms with Crippen LogP contribution in [0, 0.1) is 0 Å². The summed E-state index contributed by atoms with van der Waals surface area (Å²) in [6.07, 6.45) is 2.63. The molecule has 1 aliphatic carbocycles. The molecule has 0 saturated heterocycles. The van der Waals surface area contributed by atoms with Crippen LogP contribution in [0.3, 0.4) is 0 Å². The number of nitrogens with zero attached hydrogens (tertiary/aromatic N) is 1. The number of carboxylic acids is 1. The van der Waals surface area contributed by atoms with Crippen LogP contribution in [-0.2, 0) is 18.3 Å². The fourth-order valence-electron chi connectivity index (χ4n) is 3.21. The van der Waals surface area contributed by atoms with Crippen LogP contribution in [0.15, 0.2) is 18.2 Å². The Morgan fingerprint density at radius 2 is 2.26 bits per heavy atom. The fourth-order valence-corrected chi connectivity index (χ4v) is 3.21. The first-order chi connectivity index (χ1) is 9.13. The van der Waals surface area contributed by atoms with Gasteiger partial charge in [0.2, 0.25) is 0 Å². The Kier molecular flexibility index (Phi) is 2.73. The molecule has 1 aromatic carbocycles. The second-order valence-electron chi connectivity index (χ2n) is 5.09. The Hall–Kier alpha value is -1.97. The van der Waals surface area contributed by atoms with Crippen molar-refractivity contribution in [2.45, 2.75) is 25.2 Å². The molecule has 0 saturated carbocycles. The number of aryl methyl sites for hydroxylation is 2. The number of aliphatic carboxylic acids is 1. The van der Waals surface area contributed by atoms with E-state index >= 15 is 0 Å². The number of rotatable bonds is 2. The van der Waals surface area contributed by atoms with Gasteiger partial charge in [0.1, 0.15) is 5.75 Å². The average molecular weight is 259 g/mol. The van der Waals surface area contributed by atoms with E-state index in [4.69, 9.17) is 4.74 Å². The highest BCUT2D eigenvalue weighted by atomic mass is 16.5. The normalized spacial score (nSPS) is 18.3. The van der Waals surface area contributed by atoms with Crippen molar-refractivity contribution >= 4 is 16.9 Å². The Bertz CT molecular complexity index is 657. The molecule has 0 amide bonds. The highest BCUT2D eigenvalue weighted by molar-refractivity contribution is 5.90. The molecule has 1 unspecified atom stereocenters. The van der Waals surface area contributed by atoms with Crippen molar-refractivity contribution in [2.75, 3.05) is 7.11 Å². The lowest BCUT2D eigenvalue weighted by Crippen LogP contribution is -2.20. The third-order valence-electron chi connectivity index (χ3n) is 4.11. The number of benzene rings is 1. The van der Waals surface area contributed by atoms with Gasteiger partial charge >= 0.3 is 5.97 Å². The summed E-state index contributed by atoms with van der Waals surface area (Å²) in [5.74, 6) is -0.303. The van der Waals surface area contributed by atoms with E-state index < -0.39 is 5.97 Å². The number of hydrogen-bond donors (Lipinski definition) is 1. The first-order valence-corrected chi connectivity index (χ1v) is 6.51. The predicted octanol–water partition coefficient (Wildman–Crippen LogP) is 2.69. The van der Waals surface area contributed by atoms with Gasteiger partial charge in [0, 0.05) is 24.2 Å². The summed E-state index contributed by atoms with van der Waals surface area (Å²) in [5.41, 5.74) is 3.21. The molecule has 1 aliphatic rings. The van der Waals surface area contributed by atoms with Crippen molar-refractivity contribution in [3.05, 3.63) is 29.5 Å². The molecule has 1 N–H and O–H groups in total. The second kappa shape index (κ2) is 4.30. The smallest absolute Gasteiger partial charge is 0.312 e. The van der Waals surface area contributed by atoms with Crippen LogP contribution in [0.2, 0.25) is 0 Å². The van der Waals surface area contributed by atoms with E-state index in [9.17, 15) is 9.90 Å². The zero-order chi connectivity index (χ0) is 13.6. The van der Waals surface area contributed by atoms with Gasteiger partial charge in [-0.05, 0) is 37.0 Å². The summed E-state index contributed by atoms with van der Waals surface area (Å²) < 4.78 is 7.27. The molecule has 3 rings (SSSR count). The summed E-state index contributed by atoms with van der Waals surface area (Å²) in [7, 11) is 3.59. The predicted molar refractivity (Wildman–Crippen MR) is 72.8 cm³/mol. The highest BCUT2D eigenvalue weighted by Gasteiger charge is 2.31. The van der Waals surface area contributed by atoms with E-state index in [-0.39, 0.29) is 5.92 Å². The minimum absolute atomic E-state index is 0.382. The van der Waals surface area contributed by atoms with Gasteiger partial charge < -0.3 is 14.4 Å². The van der Waals surface area contributed by atoms with E-state index in [0.717, 1.165) is 41.6 Å². The van der Waals surface area contributed by atoms with Crippen molar-refractivity contribution in [1.82, 2.24) is 4.57 Å². The monoisotopic (exact) mass is 259 g/mol. The zero-order valence-corrected chi connectivity index (χ0v) is 11.1. The van der Waals surface area contributed by atoms with Gasteiger partial charge in [0.25, 0.3) is 0 Å². The van der Waals surface area contributed by atoms with E-state index in [0.29, 0.717) is 0 Å². The first-order valence-electron chi connectivity index (χ1n) is 6.51. The number of carboxylic acid groups (broad SMARTS) is 1. The van der Waals surface area contributed by atoms with Crippen molar-refractivity contribution in [3.8, 4) is 5.75 Å². The summed E-state index contributed by atoms with van der Waals surface area (Å²) >= 11 is 0. The molecule has 1 atom stereocenters. The number of fused-ring (bicyclic) bond motifs is 3. The molecule has 1 heterocycles. The zero-order valence-electron chi connectivity index (χ0n) is 11.1. The van der Waals surface area contributed by atoms with Crippen molar-refractivity contribution in [1.29, 1.82) is 0 Å². The lowest BCUT2D eigenvalue weighted by Gasteiger charge is -2.20. The largest absolute Gasteiger partial charge is 0.497 e. The summed E-state index contributed by atoms with van der Waals surface area (Å²) in [5, 5.41) is 10.6. The number of carbonyl (C=O) groups is 1. The van der Waals surface area contributed by atoms with Gasteiger partial charge in [-0.2, -0.15) is 0 Å². The van der Waals surface area contributed by atoms with Crippen LogP contribution in [0.1, 0.15) is 30.0 Å². The molecule has 0 fully saturated rings. The number of ether oxygens (including phenoxy) is 1. The van der Waals surface area contributed by atoms with Crippen LogP contribution in [0.4, 0.5) is 0 Å². The Balaban J connectivity index is 2.29. The van der Waals surface area contributed by atoms with Crippen LogP contribution in [-0.4, -0.2) is 22.8 Å². The summed E-state index contributed by atoms with van der Waals surface area (Å²) in [6.45, 7) is 0. The maximum atomic E-state index is 11.4. The van der Waals surface area contributed by atoms with Gasteiger partial charge in [0.05, 0.1) is 18.5 Å². The van der Waals surface area contributed by atoms with Gasteiger partial charge in [-0.1, -0.05) is 0 Å². The first kappa shape index (κ1) is 12.1. The molecule has 0 aliphatic heterocycles. The Morgan fingerprint density at radius 3 is 2.95 bits per heavy atom. The molecule has 100 valence electrons. The van der Waals surface area contributed by atoms with Gasteiger partial charge in [-0.3, -0.25) is 4.79 Å². The highest BCUT2D eigenvalue weighted by Crippen LogP contribution is 2.39. The van der Waals surface area contributed by atoms with Crippen molar-refractivity contribution in [3.63, 3.8) is 0 Å². The van der Waals surface area contributed by atoms with Gasteiger partial charge in [-0.15, -0.1) is 0 Å². The van der Waals surface area contributed by atoms with Crippen LogP contribution < -0.4 is 4.74 Å². The minimum Gasteiger partial charge on any atom is -0.497 e. The van der Waals surface area contributed by atoms with Crippen molar-refractivity contribution in [2.24, 2.45) is 7.05 Å². The lowest BCUT2D eigenvalue weighted by atomic mass is 9.87. The third kappa shape index (κ3) is 1.70.